The Bertz CT molecular complexity index is 1060. The van der Waals surface area contributed by atoms with Crippen LogP contribution in [0.2, 0.25) is 0 Å². The van der Waals surface area contributed by atoms with E-state index < -0.39 is 28.5 Å². The number of carbonyl (C=O) groups is 2. The van der Waals surface area contributed by atoms with Crippen molar-refractivity contribution in [3.8, 4) is 5.75 Å². The van der Waals surface area contributed by atoms with Crippen molar-refractivity contribution in [2.45, 2.75) is 52.6 Å². The summed E-state index contributed by atoms with van der Waals surface area (Å²) in [5.41, 5.74) is 1.13. The van der Waals surface area contributed by atoms with Crippen LogP contribution in [-0.2, 0) is 26.2 Å². The summed E-state index contributed by atoms with van der Waals surface area (Å²) in [7, 11) is -3.83. The summed E-state index contributed by atoms with van der Waals surface area (Å²) in [6.45, 7) is 6.29. The maximum atomic E-state index is 13.7. The molecule has 0 aliphatic rings. The van der Waals surface area contributed by atoms with Gasteiger partial charge in [-0.3, -0.25) is 13.9 Å². The van der Waals surface area contributed by atoms with E-state index in [1.54, 1.807) is 31.2 Å². The Morgan fingerprint density at radius 3 is 2.26 bits per heavy atom. The maximum Gasteiger partial charge on any atom is 0.244 e. The van der Waals surface area contributed by atoms with Crippen LogP contribution in [0.25, 0.3) is 0 Å². The third kappa shape index (κ3) is 8.28. The van der Waals surface area contributed by atoms with Gasteiger partial charge < -0.3 is 15.0 Å². The molecule has 9 heteroatoms. The van der Waals surface area contributed by atoms with Crippen LogP contribution in [0.3, 0.4) is 0 Å². The molecule has 2 rings (SSSR count). The molecule has 8 nitrogen and oxygen atoms in total. The van der Waals surface area contributed by atoms with E-state index in [1.165, 1.54) is 4.90 Å². The summed E-state index contributed by atoms with van der Waals surface area (Å²) in [5, 5.41) is 2.91. The van der Waals surface area contributed by atoms with Gasteiger partial charge in [-0.25, -0.2) is 8.42 Å². The van der Waals surface area contributed by atoms with Gasteiger partial charge in [0.2, 0.25) is 21.8 Å². The van der Waals surface area contributed by atoms with Gasteiger partial charge in [-0.05, 0) is 37.5 Å². The molecular formula is C26H37N3O5S. The quantitative estimate of drug-likeness (QED) is 0.398. The molecule has 0 fully saturated rings. The molecule has 35 heavy (non-hydrogen) atoms. The van der Waals surface area contributed by atoms with E-state index in [2.05, 4.69) is 5.32 Å². The second-order valence-corrected chi connectivity index (χ2v) is 10.2. The van der Waals surface area contributed by atoms with Crippen molar-refractivity contribution in [3.05, 3.63) is 60.2 Å². The van der Waals surface area contributed by atoms with Gasteiger partial charge >= 0.3 is 0 Å². The summed E-state index contributed by atoms with van der Waals surface area (Å²) < 4.78 is 32.2. The lowest BCUT2D eigenvalue weighted by molar-refractivity contribution is -0.140. The predicted octanol–water partition coefficient (Wildman–Crippen LogP) is 3.58. The Morgan fingerprint density at radius 2 is 1.66 bits per heavy atom. The SMILES string of the molecule is CCCCNC(=O)[C@H](CC)N(Cc1ccccc1)C(=O)CN(c1ccccc1OCC)S(C)(=O)=O. The zero-order valence-corrected chi connectivity index (χ0v) is 21.9. The van der Waals surface area contributed by atoms with E-state index in [-0.39, 0.29) is 18.1 Å². The molecule has 2 amide bonds. The second-order valence-electron chi connectivity index (χ2n) is 8.25. The van der Waals surface area contributed by atoms with E-state index in [0.717, 1.165) is 29.0 Å². The van der Waals surface area contributed by atoms with E-state index in [0.29, 0.717) is 25.3 Å². The first-order valence-corrected chi connectivity index (χ1v) is 13.9. The van der Waals surface area contributed by atoms with Crippen molar-refractivity contribution >= 4 is 27.5 Å². The molecule has 2 aromatic carbocycles. The number of ether oxygens (including phenoxy) is 1. The largest absolute Gasteiger partial charge is 0.492 e. The lowest BCUT2D eigenvalue weighted by Crippen LogP contribution is -2.52. The van der Waals surface area contributed by atoms with Crippen molar-refractivity contribution in [3.63, 3.8) is 0 Å². The number of rotatable bonds is 14. The van der Waals surface area contributed by atoms with Crippen LogP contribution in [0, 0.1) is 0 Å². The van der Waals surface area contributed by atoms with Crippen molar-refractivity contribution in [2.75, 3.05) is 30.3 Å². The van der Waals surface area contributed by atoms with Gasteiger partial charge in [-0.2, -0.15) is 0 Å². The summed E-state index contributed by atoms with van der Waals surface area (Å²) >= 11 is 0. The standard InChI is InChI=1S/C26H37N3O5S/c1-5-8-18-27-26(31)22(6-2)28(19-21-14-10-9-11-15-21)25(30)20-29(35(4,32)33)23-16-12-13-17-24(23)34-7-3/h9-17,22H,5-8,18-20H2,1-4H3,(H,27,31)/t22-/m0/s1. The van der Waals surface area contributed by atoms with Gasteiger partial charge in [0.1, 0.15) is 18.3 Å². The molecule has 1 atom stereocenters. The number of hydrogen-bond donors (Lipinski definition) is 1. The van der Waals surface area contributed by atoms with Crippen molar-refractivity contribution in [1.29, 1.82) is 0 Å². The lowest BCUT2D eigenvalue weighted by Gasteiger charge is -2.33. The molecule has 0 saturated heterocycles. The van der Waals surface area contributed by atoms with Gasteiger partial charge in [0.05, 0.1) is 18.6 Å². The molecule has 1 N–H and O–H groups in total. The molecule has 0 saturated carbocycles. The Kier molecular flexibility index (Phi) is 11.0. The Labute approximate surface area is 209 Å². The molecule has 0 heterocycles. The number of anilines is 1. The fraction of sp³-hybridized carbons (Fsp3) is 0.462. The van der Waals surface area contributed by atoms with Crippen LogP contribution in [0.4, 0.5) is 5.69 Å². The minimum absolute atomic E-state index is 0.185. The number of carbonyl (C=O) groups excluding carboxylic acids is 2. The zero-order chi connectivity index (χ0) is 25.8. The summed E-state index contributed by atoms with van der Waals surface area (Å²) in [6.07, 6.45) is 3.22. The van der Waals surface area contributed by atoms with Crippen LogP contribution >= 0.6 is 0 Å². The molecular weight excluding hydrogens is 466 g/mol. The summed E-state index contributed by atoms with van der Waals surface area (Å²) in [5.74, 6) is -0.346. The van der Waals surface area contributed by atoms with Crippen LogP contribution in [0.15, 0.2) is 54.6 Å². The Hall–Kier alpha value is -3.07. The van der Waals surface area contributed by atoms with E-state index in [9.17, 15) is 18.0 Å². The first-order chi connectivity index (χ1) is 16.7. The number of para-hydroxylation sites is 2. The summed E-state index contributed by atoms with van der Waals surface area (Å²) in [6, 6.07) is 15.3. The van der Waals surface area contributed by atoms with Crippen LogP contribution in [-0.4, -0.2) is 57.1 Å². The number of nitrogens with one attached hydrogen (secondary N) is 1. The highest BCUT2D eigenvalue weighted by atomic mass is 32.2. The molecule has 0 radical (unpaired) electrons. The highest BCUT2D eigenvalue weighted by molar-refractivity contribution is 7.92. The van der Waals surface area contributed by atoms with Crippen LogP contribution in [0.1, 0.15) is 45.6 Å². The second kappa shape index (κ2) is 13.7. The molecule has 0 aromatic heterocycles. The topological polar surface area (TPSA) is 96.0 Å². The third-order valence-corrected chi connectivity index (χ3v) is 6.65. The first kappa shape index (κ1) is 28.2. The Balaban J connectivity index is 2.42. The molecule has 0 aliphatic carbocycles. The van der Waals surface area contributed by atoms with Crippen LogP contribution in [0.5, 0.6) is 5.75 Å². The molecule has 0 bridgehead atoms. The molecule has 0 unspecified atom stereocenters. The average molecular weight is 504 g/mol. The third-order valence-electron chi connectivity index (χ3n) is 5.52. The van der Waals surface area contributed by atoms with Crippen molar-refractivity contribution < 1.29 is 22.7 Å². The average Bonchev–Trinajstić information content (AvgIpc) is 2.83. The number of unbranched alkanes of at least 4 members (excludes halogenated alkanes) is 1. The van der Waals surface area contributed by atoms with Gasteiger partial charge in [0.25, 0.3) is 0 Å². The normalized spacial score (nSPS) is 12.0. The molecule has 2 aromatic rings. The predicted molar refractivity (Wildman–Crippen MR) is 139 cm³/mol. The van der Waals surface area contributed by atoms with E-state index >= 15 is 0 Å². The minimum atomic E-state index is -3.83. The van der Waals surface area contributed by atoms with Gasteiger partial charge in [-0.1, -0.05) is 62.7 Å². The van der Waals surface area contributed by atoms with Crippen LogP contribution < -0.4 is 14.4 Å². The van der Waals surface area contributed by atoms with Gasteiger partial charge in [0.15, 0.2) is 0 Å². The number of nitrogens with zero attached hydrogens (tertiary/aromatic N) is 2. The smallest absolute Gasteiger partial charge is 0.244 e. The maximum absolute atomic E-state index is 13.7. The fourth-order valence-corrected chi connectivity index (χ4v) is 4.59. The number of benzene rings is 2. The fourth-order valence-electron chi connectivity index (χ4n) is 3.74. The number of sulfonamides is 1. The molecule has 0 aliphatic heterocycles. The number of hydrogen-bond acceptors (Lipinski definition) is 5. The highest BCUT2D eigenvalue weighted by Crippen LogP contribution is 2.30. The molecule has 192 valence electrons. The van der Waals surface area contributed by atoms with Gasteiger partial charge in [0, 0.05) is 13.1 Å². The lowest BCUT2D eigenvalue weighted by atomic mass is 10.1. The highest BCUT2D eigenvalue weighted by Gasteiger charge is 2.32. The van der Waals surface area contributed by atoms with Gasteiger partial charge in [-0.15, -0.1) is 0 Å². The molecule has 0 spiro atoms. The van der Waals surface area contributed by atoms with E-state index in [4.69, 9.17) is 4.74 Å². The van der Waals surface area contributed by atoms with Crippen molar-refractivity contribution in [2.24, 2.45) is 0 Å². The minimum Gasteiger partial charge on any atom is -0.492 e. The van der Waals surface area contributed by atoms with E-state index in [1.807, 2.05) is 44.2 Å². The first-order valence-electron chi connectivity index (χ1n) is 12.0. The van der Waals surface area contributed by atoms with Crippen molar-refractivity contribution in [1.82, 2.24) is 10.2 Å². The Morgan fingerprint density at radius 1 is 1.00 bits per heavy atom. The number of amides is 2. The summed E-state index contributed by atoms with van der Waals surface area (Å²) in [4.78, 5) is 28.2. The monoisotopic (exact) mass is 503 g/mol. The zero-order valence-electron chi connectivity index (χ0n) is 21.1.